The van der Waals surface area contributed by atoms with Crippen molar-refractivity contribution in [2.75, 3.05) is 18.9 Å². The molecule has 2 rings (SSSR count). The van der Waals surface area contributed by atoms with E-state index in [4.69, 9.17) is 0 Å². The summed E-state index contributed by atoms with van der Waals surface area (Å²) in [6.07, 6.45) is 4.18. The summed E-state index contributed by atoms with van der Waals surface area (Å²) >= 11 is 0. The molecule has 140 valence electrons. The Kier molecular flexibility index (Phi) is 7.79. The summed E-state index contributed by atoms with van der Waals surface area (Å²) < 4.78 is 27.2. The molecule has 0 radical (unpaired) electrons. The molecule has 1 unspecified atom stereocenters. The van der Waals surface area contributed by atoms with E-state index < -0.39 is 11.6 Å². The molecule has 2 aromatic rings. The highest BCUT2D eigenvalue weighted by Gasteiger charge is 2.14. The van der Waals surface area contributed by atoms with Gasteiger partial charge in [-0.2, -0.15) is 0 Å². The molecule has 0 fully saturated rings. The van der Waals surface area contributed by atoms with Crippen LogP contribution in [0.5, 0.6) is 0 Å². The largest absolute Gasteiger partial charge is 0.388 e. The van der Waals surface area contributed by atoms with Gasteiger partial charge in [-0.3, -0.25) is 0 Å². The van der Waals surface area contributed by atoms with Crippen LogP contribution < -0.4 is 10.6 Å². The predicted octanol–water partition coefficient (Wildman–Crippen LogP) is 5.63. The second-order valence-electron chi connectivity index (χ2n) is 6.56. The molecule has 0 aliphatic rings. The van der Waals surface area contributed by atoms with Gasteiger partial charge in [0.2, 0.25) is 0 Å². The summed E-state index contributed by atoms with van der Waals surface area (Å²) in [7, 11) is 1.72. The van der Waals surface area contributed by atoms with Gasteiger partial charge in [-0.15, -0.1) is 0 Å². The van der Waals surface area contributed by atoms with Gasteiger partial charge >= 0.3 is 0 Å². The van der Waals surface area contributed by atoms with Crippen molar-refractivity contribution in [3.63, 3.8) is 0 Å². The molecule has 0 spiro atoms. The number of halogens is 2. The number of hydrogen-bond donors (Lipinski definition) is 2. The summed E-state index contributed by atoms with van der Waals surface area (Å²) in [6.45, 7) is 5.75. The summed E-state index contributed by atoms with van der Waals surface area (Å²) in [5.41, 5.74) is 3.92. The van der Waals surface area contributed by atoms with E-state index in [2.05, 4.69) is 35.8 Å². The predicted molar refractivity (Wildman–Crippen MR) is 105 cm³/mol. The van der Waals surface area contributed by atoms with Crippen molar-refractivity contribution in [3.8, 4) is 0 Å². The van der Waals surface area contributed by atoms with Crippen LogP contribution in [0.1, 0.15) is 43.7 Å². The molecule has 4 heteroatoms. The smallest absolute Gasteiger partial charge is 0.160 e. The van der Waals surface area contributed by atoms with E-state index in [1.165, 1.54) is 23.3 Å². The van der Waals surface area contributed by atoms with Crippen molar-refractivity contribution in [1.82, 2.24) is 5.32 Å². The van der Waals surface area contributed by atoms with E-state index in [1.807, 2.05) is 25.1 Å². The fourth-order valence-electron chi connectivity index (χ4n) is 3.11. The number of allylic oxidation sites excluding steroid dienone is 1. The lowest BCUT2D eigenvalue weighted by Gasteiger charge is -2.16. The van der Waals surface area contributed by atoms with E-state index in [-0.39, 0.29) is 5.92 Å². The second kappa shape index (κ2) is 10.1. The molecule has 0 saturated heterocycles. The Morgan fingerprint density at radius 2 is 1.81 bits per heavy atom. The molecule has 1 atom stereocenters. The van der Waals surface area contributed by atoms with Gasteiger partial charge in [0.15, 0.2) is 11.6 Å². The van der Waals surface area contributed by atoms with E-state index in [9.17, 15) is 8.78 Å². The number of benzene rings is 2. The van der Waals surface area contributed by atoms with Crippen LogP contribution in [0.15, 0.2) is 54.1 Å². The van der Waals surface area contributed by atoms with Gasteiger partial charge in [0.1, 0.15) is 0 Å². The molecule has 0 aliphatic heterocycles. The Morgan fingerprint density at radius 3 is 2.46 bits per heavy atom. The van der Waals surface area contributed by atoms with Crippen molar-refractivity contribution >= 4 is 5.69 Å². The van der Waals surface area contributed by atoms with E-state index in [1.54, 1.807) is 7.05 Å². The SMILES string of the molecule is CCC/C(=C\C(C)c1cc(F)c(F)cc1NC)CNCc1ccccc1. The Morgan fingerprint density at radius 1 is 1.12 bits per heavy atom. The number of anilines is 1. The minimum atomic E-state index is -0.826. The first-order valence-corrected chi connectivity index (χ1v) is 9.16. The van der Waals surface area contributed by atoms with Crippen LogP contribution in [0.25, 0.3) is 0 Å². The Hall–Kier alpha value is -2.20. The third kappa shape index (κ3) is 5.67. The fourth-order valence-corrected chi connectivity index (χ4v) is 3.11. The molecule has 0 aromatic heterocycles. The third-order valence-corrected chi connectivity index (χ3v) is 4.43. The monoisotopic (exact) mass is 358 g/mol. The molecule has 2 nitrogen and oxygen atoms in total. The van der Waals surface area contributed by atoms with Gasteiger partial charge in [-0.05, 0) is 23.6 Å². The molecule has 0 aliphatic carbocycles. The summed E-state index contributed by atoms with van der Waals surface area (Å²) in [6, 6.07) is 12.8. The summed E-state index contributed by atoms with van der Waals surface area (Å²) in [5, 5.41) is 6.44. The van der Waals surface area contributed by atoms with Crippen LogP contribution in [0, 0.1) is 11.6 Å². The quantitative estimate of drug-likeness (QED) is 0.568. The Balaban J connectivity index is 2.10. The van der Waals surface area contributed by atoms with Gasteiger partial charge in [-0.1, -0.05) is 62.2 Å². The molecule has 0 saturated carbocycles. The van der Waals surface area contributed by atoms with Crippen LogP contribution in [0.4, 0.5) is 14.5 Å². The lowest BCUT2D eigenvalue weighted by molar-refractivity contribution is 0.507. The zero-order valence-electron chi connectivity index (χ0n) is 15.8. The van der Waals surface area contributed by atoms with Crippen LogP contribution in [0.2, 0.25) is 0 Å². The van der Waals surface area contributed by atoms with Crippen molar-refractivity contribution in [2.24, 2.45) is 0 Å². The van der Waals surface area contributed by atoms with E-state index >= 15 is 0 Å². The first-order valence-electron chi connectivity index (χ1n) is 9.16. The number of nitrogens with one attached hydrogen (secondary N) is 2. The van der Waals surface area contributed by atoms with Gasteiger partial charge < -0.3 is 10.6 Å². The highest BCUT2D eigenvalue weighted by molar-refractivity contribution is 5.54. The standard InChI is InChI=1S/C22H28F2N2/c1-4-8-18(15-26-14-17-9-6-5-7-10-17)11-16(2)19-12-20(23)21(24)13-22(19)25-3/h5-7,9-13,16,25-26H,4,8,14-15H2,1-3H3/b18-11+. The normalized spacial score (nSPS) is 12.9. The van der Waals surface area contributed by atoms with Gasteiger partial charge in [-0.25, -0.2) is 8.78 Å². The van der Waals surface area contributed by atoms with E-state index in [0.29, 0.717) is 5.69 Å². The maximum atomic E-state index is 13.7. The first-order chi connectivity index (χ1) is 12.5. The van der Waals surface area contributed by atoms with Crippen LogP contribution >= 0.6 is 0 Å². The number of rotatable bonds is 9. The average molecular weight is 358 g/mol. The average Bonchev–Trinajstić information content (AvgIpc) is 2.64. The Bertz CT molecular complexity index is 726. The summed E-state index contributed by atoms with van der Waals surface area (Å²) in [4.78, 5) is 0. The Labute approximate surface area is 155 Å². The summed E-state index contributed by atoms with van der Waals surface area (Å²) in [5.74, 6) is -1.64. The zero-order chi connectivity index (χ0) is 18.9. The molecular formula is C22H28F2N2. The van der Waals surface area contributed by atoms with Crippen molar-refractivity contribution < 1.29 is 8.78 Å². The highest BCUT2D eigenvalue weighted by atomic mass is 19.2. The first kappa shape index (κ1) is 20.1. The number of hydrogen-bond acceptors (Lipinski definition) is 2. The van der Waals surface area contributed by atoms with Crippen molar-refractivity contribution in [3.05, 3.63) is 76.9 Å². The van der Waals surface area contributed by atoms with E-state index in [0.717, 1.165) is 31.5 Å². The molecule has 0 heterocycles. The molecule has 0 bridgehead atoms. The van der Waals surface area contributed by atoms with Gasteiger partial charge in [0, 0.05) is 37.8 Å². The van der Waals surface area contributed by atoms with Crippen LogP contribution in [-0.4, -0.2) is 13.6 Å². The van der Waals surface area contributed by atoms with Crippen molar-refractivity contribution in [1.29, 1.82) is 0 Å². The molecule has 2 N–H and O–H groups in total. The van der Waals surface area contributed by atoms with Gasteiger partial charge in [0.05, 0.1) is 0 Å². The zero-order valence-corrected chi connectivity index (χ0v) is 15.8. The molecule has 2 aromatic carbocycles. The van der Waals surface area contributed by atoms with Crippen molar-refractivity contribution in [2.45, 2.75) is 39.2 Å². The minimum Gasteiger partial charge on any atom is -0.388 e. The molecule has 26 heavy (non-hydrogen) atoms. The van der Waals surface area contributed by atoms with Crippen LogP contribution in [0.3, 0.4) is 0 Å². The second-order valence-corrected chi connectivity index (χ2v) is 6.56. The maximum absolute atomic E-state index is 13.7. The van der Waals surface area contributed by atoms with Gasteiger partial charge in [0.25, 0.3) is 0 Å². The lowest BCUT2D eigenvalue weighted by atomic mass is 9.95. The van der Waals surface area contributed by atoms with Crippen LogP contribution in [-0.2, 0) is 6.54 Å². The molecule has 0 amide bonds. The topological polar surface area (TPSA) is 24.1 Å². The lowest BCUT2D eigenvalue weighted by Crippen LogP contribution is -2.17. The highest BCUT2D eigenvalue weighted by Crippen LogP contribution is 2.29. The minimum absolute atomic E-state index is 0.00683. The third-order valence-electron chi connectivity index (χ3n) is 4.43. The maximum Gasteiger partial charge on any atom is 0.160 e. The fraction of sp³-hybridized carbons (Fsp3) is 0.364. The molecular weight excluding hydrogens is 330 g/mol.